The Hall–Kier alpha value is -1.88. The van der Waals surface area contributed by atoms with Gasteiger partial charge in [-0.25, -0.2) is 14.5 Å². The Bertz CT molecular complexity index is 776. The highest BCUT2D eigenvalue weighted by Crippen LogP contribution is 2.44. The van der Waals surface area contributed by atoms with Gasteiger partial charge in [0.05, 0.1) is 16.9 Å². The molecule has 3 aromatic rings. The number of rotatable bonds is 3. The number of thioether (sulfide) groups is 1. The molecule has 0 N–H and O–H groups in total. The van der Waals surface area contributed by atoms with E-state index in [0.29, 0.717) is 5.92 Å². The maximum Gasteiger partial charge on any atom is 0.187 e. The van der Waals surface area contributed by atoms with Crippen molar-refractivity contribution in [2.24, 2.45) is 0 Å². The monoisotopic (exact) mass is 282 g/mol. The molecule has 0 aliphatic heterocycles. The van der Waals surface area contributed by atoms with Crippen LogP contribution in [0.3, 0.4) is 0 Å². The quantitative estimate of drug-likeness (QED) is 0.545. The van der Waals surface area contributed by atoms with Gasteiger partial charge in [-0.05, 0) is 37.3 Å². The molecule has 0 radical (unpaired) electrons. The van der Waals surface area contributed by atoms with Gasteiger partial charge in [0, 0.05) is 23.9 Å². The van der Waals surface area contributed by atoms with Gasteiger partial charge >= 0.3 is 0 Å². The Morgan fingerprint density at radius 3 is 2.95 bits per heavy atom. The first kappa shape index (κ1) is 11.9. The highest BCUT2D eigenvalue weighted by atomic mass is 32.2. The Morgan fingerprint density at radius 2 is 2.15 bits per heavy atom. The average Bonchev–Trinajstić information content (AvgIpc) is 3.27. The van der Waals surface area contributed by atoms with Gasteiger partial charge in [0.2, 0.25) is 0 Å². The van der Waals surface area contributed by atoms with Crippen molar-refractivity contribution in [2.75, 3.05) is 6.26 Å². The molecule has 1 aliphatic rings. The van der Waals surface area contributed by atoms with E-state index in [9.17, 15) is 0 Å². The minimum atomic E-state index is 0.595. The molecule has 5 heteroatoms. The van der Waals surface area contributed by atoms with Crippen molar-refractivity contribution >= 4 is 17.3 Å². The van der Waals surface area contributed by atoms with Crippen LogP contribution in [0.25, 0.3) is 16.8 Å². The third-order valence-corrected chi connectivity index (χ3v) is 4.17. The lowest BCUT2D eigenvalue weighted by Gasteiger charge is -2.03. The van der Waals surface area contributed by atoms with Crippen molar-refractivity contribution in [1.29, 1.82) is 0 Å². The maximum atomic E-state index is 4.76. The average molecular weight is 282 g/mol. The topological polar surface area (TPSA) is 43.1 Å². The summed E-state index contributed by atoms with van der Waals surface area (Å²) in [6.45, 7) is 0. The smallest absolute Gasteiger partial charge is 0.187 e. The molecule has 0 amide bonds. The minimum Gasteiger partial charge on any atom is -0.240 e. The SMILES string of the molecule is CSc1nccc(-c2c(C3CC3)nn3ccccc23)n1. The summed E-state index contributed by atoms with van der Waals surface area (Å²) in [5, 5.41) is 5.56. The number of aromatic nitrogens is 4. The van der Waals surface area contributed by atoms with Crippen molar-refractivity contribution in [2.45, 2.75) is 23.9 Å². The van der Waals surface area contributed by atoms with Gasteiger partial charge in [-0.1, -0.05) is 17.8 Å². The molecule has 0 aromatic carbocycles. The summed E-state index contributed by atoms with van der Waals surface area (Å²) >= 11 is 1.57. The van der Waals surface area contributed by atoms with Crippen molar-refractivity contribution in [3.8, 4) is 11.3 Å². The summed E-state index contributed by atoms with van der Waals surface area (Å²) in [5.74, 6) is 0.595. The van der Waals surface area contributed by atoms with E-state index in [2.05, 4.69) is 16.0 Å². The van der Waals surface area contributed by atoms with E-state index in [1.54, 1.807) is 11.8 Å². The van der Waals surface area contributed by atoms with Crippen LogP contribution in [0.5, 0.6) is 0 Å². The van der Waals surface area contributed by atoms with Crippen LogP contribution in [-0.4, -0.2) is 25.8 Å². The second-order valence-electron chi connectivity index (χ2n) is 4.99. The highest BCUT2D eigenvalue weighted by molar-refractivity contribution is 7.98. The van der Waals surface area contributed by atoms with Gasteiger partial charge in [-0.2, -0.15) is 5.10 Å². The van der Waals surface area contributed by atoms with Crippen LogP contribution in [0, 0.1) is 0 Å². The Labute approximate surface area is 121 Å². The second-order valence-corrected chi connectivity index (χ2v) is 5.77. The standard InChI is InChI=1S/C15H14N4S/c1-20-15-16-8-7-11(17-15)13-12-4-2-3-9-19(12)18-14(13)10-5-6-10/h2-4,7-10H,5-6H2,1H3. The van der Waals surface area contributed by atoms with E-state index in [-0.39, 0.29) is 0 Å². The molecular weight excluding hydrogens is 268 g/mol. The fourth-order valence-electron chi connectivity index (χ4n) is 2.50. The zero-order chi connectivity index (χ0) is 13.5. The fraction of sp³-hybridized carbons (Fsp3) is 0.267. The van der Waals surface area contributed by atoms with Gasteiger partial charge in [-0.3, -0.25) is 0 Å². The fourth-order valence-corrected chi connectivity index (χ4v) is 2.86. The first-order valence-electron chi connectivity index (χ1n) is 6.71. The number of hydrogen-bond acceptors (Lipinski definition) is 4. The molecule has 1 fully saturated rings. The summed E-state index contributed by atoms with van der Waals surface area (Å²) < 4.78 is 1.96. The van der Waals surface area contributed by atoms with E-state index in [1.165, 1.54) is 24.1 Å². The number of fused-ring (bicyclic) bond motifs is 1. The van der Waals surface area contributed by atoms with Crippen molar-refractivity contribution in [3.05, 3.63) is 42.4 Å². The Kier molecular flexibility index (Phi) is 2.73. The Balaban J connectivity index is 1.98. The van der Waals surface area contributed by atoms with Gasteiger partial charge in [0.15, 0.2) is 5.16 Å². The molecule has 1 aliphatic carbocycles. The van der Waals surface area contributed by atoms with Gasteiger partial charge in [0.25, 0.3) is 0 Å². The lowest BCUT2D eigenvalue weighted by atomic mass is 10.1. The molecule has 0 unspecified atom stereocenters. The molecule has 0 saturated heterocycles. The molecule has 20 heavy (non-hydrogen) atoms. The van der Waals surface area contributed by atoms with E-state index in [4.69, 9.17) is 5.10 Å². The molecule has 4 rings (SSSR count). The van der Waals surface area contributed by atoms with Crippen molar-refractivity contribution in [1.82, 2.24) is 19.6 Å². The zero-order valence-corrected chi connectivity index (χ0v) is 12.0. The summed E-state index contributed by atoms with van der Waals surface area (Å²) in [6, 6.07) is 8.15. The predicted octanol–water partition coefficient (Wildman–Crippen LogP) is 3.39. The van der Waals surface area contributed by atoms with E-state index in [0.717, 1.165) is 16.4 Å². The van der Waals surface area contributed by atoms with Crippen LogP contribution in [0.2, 0.25) is 0 Å². The van der Waals surface area contributed by atoms with Crippen LogP contribution < -0.4 is 0 Å². The summed E-state index contributed by atoms with van der Waals surface area (Å²) in [7, 11) is 0. The molecule has 100 valence electrons. The molecule has 0 spiro atoms. The first-order valence-corrected chi connectivity index (χ1v) is 7.94. The van der Waals surface area contributed by atoms with Gasteiger partial charge < -0.3 is 0 Å². The van der Waals surface area contributed by atoms with Crippen LogP contribution in [0.1, 0.15) is 24.5 Å². The van der Waals surface area contributed by atoms with Crippen molar-refractivity contribution in [3.63, 3.8) is 0 Å². The molecule has 1 saturated carbocycles. The van der Waals surface area contributed by atoms with Crippen LogP contribution >= 0.6 is 11.8 Å². The predicted molar refractivity (Wildman–Crippen MR) is 80.0 cm³/mol. The molecule has 0 atom stereocenters. The normalized spacial score (nSPS) is 14.8. The van der Waals surface area contributed by atoms with Crippen LogP contribution in [0.15, 0.2) is 41.8 Å². The minimum absolute atomic E-state index is 0.595. The van der Waals surface area contributed by atoms with Gasteiger partial charge in [0.1, 0.15) is 0 Å². The molecule has 4 nitrogen and oxygen atoms in total. The van der Waals surface area contributed by atoms with Gasteiger partial charge in [-0.15, -0.1) is 0 Å². The molecule has 3 aromatic heterocycles. The third-order valence-electron chi connectivity index (χ3n) is 3.60. The first-order chi connectivity index (χ1) is 9.86. The highest BCUT2D eigenvalue weighted by Gasteiger charge is 2.31. The largest absolute Gasteiger partial charge is 0.240 e. The van der Waals surface area contributed by atoms with Crippen LogP contribution in [0.4, 0.5) is 0 Å². The van der Waals surface area contributed by atoms with E-state index < -0.39 is 0 Å². The third kappa shape index (κ3) is 1.89. The number of hydrogen-bond donors (Lipinski definition) is 0. The van der Waals surface area contributed by atoms with E-state index in [1.807, 2.05) is 41.4 Å². The summed E-state index contributed by atoms with van der Waals surface area (Å²) in [4.78, 5) is 8.92. The lowest BCUT2D eigenvalue weighted by molar-refractivity contribution is 0.891. The van der Waals surface area contributed by atoms with Crippen LogP contribution in [-0.2, 0) is 0 Å². The summed E-state index contributed by atoms with van der Waals surface area (Å²) in [6.07, 6.45) is 8.30. The molecular formula is C15H14N4S. The lowest BCUT2D eigenvalue weighted by Crippen LogP contribution is -1.91. The Morgan fingerprint density at radius 1 is 1.25 bits per heavy atom. The number of nitrogens with zero attached hydrogens (tertiary/aromatic N) is 4. The molecule has 3 heterocycles. The summed E-state index contributed by atoms with van der Waals surface area (Å²) in [5.41, 5.74) is 4.46. The van der Waals surface area contributed by atoms with Crippen molar-refractivity contribution < 1.29 is 0 Å². The van der Waals surface area contributed by atoms with E-state index >= 15 is 0 Å². The zero-order valence-electron chi connectivity index (χ0n) is 11.2. The second kappa shape index (κ2) is 4.59. The molecule has 0 bridgehead atoms. The number of pyridine rings is 1. The maximum absolute atomic E-state index is 4.76.